The number of anilines is 1. The highest BCUT2D eigenvalue weighted by atomic mass is 19.1. The van der Waals surface area contributed by atoms with E-state index in [2.05, 4.69) is 21.0 Å². The van der Waals surface area contributed by atoms with Crippen molar-refractivity contribution in [2.24, 2.45) is 7.05 Å². The smallest absolute Gasteiger partial charge is 0.320 e. The van der Waals surface area contributed by atoms with Crippen LogP contribution in [0.15, 0.2) is 36.5 Å². The summed E-state index contributed by atoms with van der Waals surface area (Å²) in [5.41, 5.74) is 2.28. The van der Waals surface area contributed by atoms with Gasteiger partial charge in [0.2, 0.25) is 0 Å². The van der Waals surface area contributed by atoms with Crippen molar-refractivity contribution in [1.29, 1.82) is 0 Å². The van der Waals surface area contributed by atoms with Crippen LogP contribution in [-0.2, 0) is 7.05 Å². The number of aromatic hydroxyl groups is 1. The van der Waals surface area contributed by atoms with Crippen LogP contribution in [-0.4, -0.2) is 86.1 Å². The minimum Gasteiger partial charge on any atom is -0.508 e. The number of hydrogen-bond donors (Lipinski definition) is 2. The molecule has 4 saturated heterocycles. The van der Waals surface area contributed by atoms with E-state index in [-0.39, 0.29) is 22.9 Å². The molecular weight excluding hydrogens is 600 g/mol. The van der Waals surface area contributed by atoms with Crippen LogP contribution in [0.5, 0.6) is 11.8 Å². The van der Waals surface area contributed by atoms with Crippen LogP contribution < -0.4 is 15.0 Å². The monoisotopic (exact) mass is 635 g/mol. The number of hydrogen-bond acceptors (Lipinski definition) is 8. The first-order valence-corrected chi connectivity index (χ1v) is 16.4. The van der Waals surface area contributed by atoms with Gasteiger partial charge in [-0.1, -0.05) is 12.0 Å². The first-order valence-electron chi connectivity index (χ1n) is 16.4. The van der Waals surface area contributed by atoms with E-state index < -0.39 is 12.0 Å². The number of ether oxygens (including phenoxy) is 1. The lowest BCUT2D eigenvalue weighted by atomic mass is 9.95. The highest BCUT2D eigenvalue weighted by Crippen LogP contribution is 2.44. The van der Waals surface area contributed by atoms with E-state index in [4.69, 9.17) is 26.1 Å². The number of phenolic OH excluding ortho intramolecular Hbond substituents is 1. The molecule has 0 amide bonds. The standard InChI is InChI=1S/C36H35F2N7O2/c1-3-25-28(38)8-5-20-13-24(46)14-27(29(20)25)31-32-26(9-11-39-31)30-33(43(32)2)41-35(42-34(30)44-17-22-6-7-23(18-44)40-22)47-19-36-10-4-12-45(36)16-21(37)15-36/h1,5,8-9,11,13-14,21-23,40,46H,4,6-7,10,12,15-19H2,2H3/t21-,22-,23+,36+/m1/s1. The number of aryl methyl sites for hydroxylation is 1. The molecule has 0 spiro atoms. The summed E-state index contributed by atoms with van der Waals surface area (Å²) in [5, 5.41) is 17.3. The maximum Gasteiger partial charge on any atom is 0.320 e. The molecular formula is C36H35F2N7O2. The molecule has 7 heterocycles. The normalized spacial score (nSPS) is 25.7. The van der Waals surface area contributed by atoms with E-state index in [0.29, 0.717) is 59.3 Å². The summed E-state index contributed by atoms with van der Waals surface area (Å²) in [5.74, 6) is 2.82. The molecule has 0 unspecified atom stereocenters. The molecule has 2 aromatic carbocycles. The van der Waals surface area contributed by atoms with Crippen molar-refractivity contribution < 1.29 is 18.6 Å². The highest BCUT2D eigenvalue weighted by Gasteiger charge is 2.49. The van der Waals surface area contributed by atoms with Crippen LogP contribution in [0.3, 0.4) is 0 Å². The van der Waals surface area contributed by atoms with Crippen LogP contribution in [0.2, 0.25) is 0 Å². The fourth-order valence-corrected chi connectivity index (χ4v) is 8.86. The third kappa shape index (κ3) is 4.38. The van der Waals surface area contributed by atoms with Crippen LogP contribution >= 0.6 is 0 Å². The Balaban J connectivity index is 1.25. The van der Waals surface area contributed by atoms with E-state index in [1.807, 2.05) is 17.7 Å². The van der Waals surface area contributed by atoms with Crippen molar-refractivity contribution in [3.8, 4) is 35.4 Å². The van der Waals surface area contributed by atoms with Crippen LogP contribution in [0.4, 0.5) is 14.6 Å². The van der Waals surface area contributed by atoms with Gasteiger partial charge in [0.15, 0.2) is 0 Å². The van der Waals surface area contributed by atoms with Crippen molar-refractivity contribution in [3.63, 3.8) is 0 Å². The number of pyridine rings is 1. The quantitative estimate of drug-likeness (QED) is 0.259. The molecule has 2 bridgehead atoms. The van der Waals surface area contributed by atoms with Crippen LogP contribution in [0.25, 0.3) is 44.0 Å². The lowest BCUT2D eigenvalue weighted by molar-refractivity contribution is 0.107. The summed E-state index contributed by atoms with van der Waals surface area (Å²) < 4.78 is 38.0. The van der Waals surface area contributed by atoms with E-state index in [1.54, 1.807) is 24.4 Å². The van der Waals surface area contributed by atoms with E-state index in [1.165, 1.54) is 6.07 Å². The molecule has 9 rings (SSSR count). The van der Waals surface area contributed by atoms with Gasteiger partial charge in [-0.25, -0.2) is 8.78 Å². The minimum atomic E-state index is -0.852. The summed E-state index contributed by atoms with van der Waals surface area (Å²) in [6.07, 6.45) is 11.3. The Morgan fingerprint density at radius 2 is 1.96 bits per heavy atom. The van der Waals surface area contributed by atoms with Crippen molar-refractivity contribution in [2.75, 3.05) is 37.7 Å². The predicted octanol–water partition coefficient (Wildman–Crippen LogP) is 5.06. The number of aromatic nitrogens is 4. The Labute approximate surface area is 270 Å². The molecule has 240 valence electrons. The lowest BCUT2D eigenvalue weighted by Gasteiger charge is -2.34. The number of rotatable bonds is 5. The molecule has 2 N–H and O–H groups in total. The molecule has 4 fully saturated rings. The minimum absolute atomic E-state index is 0.0230. The van der Waals surface area contributed by atoms with Gasteiger partial charge < -0.3 is 24.6 Å². The second kappa shape index (κ2) is 10.5. The Kier molecular flexibility index (Phi) is 6.40. The van der Waals surface area contributed by atoms with Crippen LogP contribution in [0, 0.1) is 18.2 Å². The number of piperazine rings is 1. The number of halogens is 2. The molecule has 0 radical (unpaired) electrons. The average Bonchev–Trinajstić information content (AvgIpc) is 3.79. The molecule has 4 atom stereocenters. The highest BCUT2D eigenvalue weighted by molar-refractivity contribution is 6.17. The van der Waals surface area contributed by atoms with E-state index in [9.17, 15) is 9.50 Å². The van der Waals surface area contributed by atoms with Gasteiger partial charge in [0.25, 0.3) is 0 Å². The van der Waals surface area contributed by atoms with Crippen molar-refractivity contribution in [2.45, 2.75) is 55.9 Å². The Morgan fingerprint density at radius 3 is 2.77 bits per heavy atom. The molecule has 3 aromatic heterocycles. The fraction of sp³-hybridized carbons (Fsp3) is 0.417. The molecule has 0 saturated carbocycles. The molecule has 11 heteroatoms. The number of terminal acetylenes is 1. The summed E-state index contributed by atoms with van der Waals surface area (Å²) >= 11 is 0. The predicted molar refractivity (Wildman–Crippen MR) is 177 cm³/mol. The first kappa shape index (κ1) is 28.7. The summed E-state index contributed by atoms with van der Waals surface area (Å²) in [6.45, 7) is 3.27. The zero-order valence-corrected chi connectivity index (χ0v) is 26.1. The number of benzene rings is 2. The number of nitrogens with zero attached hydrogens (tertiary/aromatic N) is 6. The average molecular weight is 636 g/mol. The van der Waals surface area contributed by atoms with E-state index >= 15 is 4.39 Å². The molecule has 9 nitrogen and oxygen atoms in total. The van der Waals surface area contributed by atoms with Crippen molar-refractivity contribution in [1.82, 2.24) is 29.7 Å². The second-order valence-corrected chi connectivity index (χ2v) is 13.7. The zero-order valence-electron chi connectivity index (χ0n) is 26.1. The van der Waals surface area contributed by atoms with Gasteiger partial charge in [-0.05, 0) is 61.9 Å². The van der Waals surface area contributed by atoms with Crippen LogP contribution in [0.1, 0.15) is 37.7 Å². The largest absolute Gasteiger partial charge is 0.508 e. The first-order chi connectivity index (χ1) is 22.8. The number of alkyl halides is 1. The molecule has 0 aliphatic carbocycles. The number of phenols is 1. The zero-order chi connectivity index (χ0) is 32.0. The lowest BCUT2D eigenvalue weighted by Crippen LogP contribution is -2.51. The summed E-state index contributed by atoms with van der Waals surface area (Å²) in [4.78, 5) is 19.4. The summed E-state index contributed by atoms with van der Waals surface area (Å²) in [6, 6.07) is 9.06. The van der Waals surface area contributed by atoms with Gasteiger partial charge in [0, 0.05) is 67.7 Å². The Hall–Kier alpha value is -4.53. The number of nitrogens with one attached hydrogen (secondary N) is 1. The van der Waals surface area contributed by atoms with E-state index in [0.717, 1.165) is 67.4 Å². The molecule has 4 aliphatic heterocycles. The van der Waals surface area contributed by atoms with Gasteiger partial charge in [-0.15, -0.1) is 6.42 Å². The van der Waals surface area contributed by atoms with Gasteiger partial charge >= 0.3 is 6.01 Å². The maximum atomic E-state index is 15.0. The SMILES string of the molecule is C#Cc1c(F)ccc2cc(O)cc(-c3nccc4c5c(N6C[C@H]7CC[C@@H](C6)N7)nc(OC[C@@]67CCCN6C[C@H](F)C7)nc5n(C)c34)c12. The van der Waals surface area contributed by atoms with Gasteiger partial charge in [-0.2, -0.15) is 9.97 Å². The maximum absolute atomic E-state index is 15.0. The third-order valence-corrected chi connectivity index (χ3v) is 10.9. The summed E-state index contributed by atoms with van der Waals surface area (Å²) in [7, 11) is 1.92. The number of fused-ring (bicyclic) bond motifs is 7. The molecule has 5 aromatic rings. The Bertz CT molecular complexity index is 2130. The van der Waals surface area contributed by atoms with Gasteiger partial charge in [0.05, 0.1) is 27.7 Å². The fourth-order valence-electron chi connectivity index (χ4n) is 8.86. The van der Waals surface area contributed by atoms with Crippen molar-refractivity contribution >= 4 is 38.5 Å². The molecule has 47 heavy (non-hydrogen) atoms. The van der Waals surface area contributed by atoms with Gasteiger partial charge in [0.1, 0.15) is 35.8 Å². The Morgan fingerprint density at radius 1 is 1.13 bits per heavy atom. The topological polar surface area (TPSA) is 91.6 Å². The molecule has 4 aliphatic rings. The second-order valence-electron chi connectivity index (χ2n) is 13.7. The van der Waals surface area contributed by atoms with Crippen molar-refractivity contribution in [3.05, 3.63) is 47.9 Å². The third-order valence-electron chi connectivity index (χ3n) is 10.9. The van der Waals surface area contributed by atoms with Gasteiger partial charge in [-0.3, -0.25) is 9.88 Å².